The van der Waals surface area contributed by atoms with Crippen molar-refractivity contribution in [2.75, 3.05) is 67.2 Å². The molecule has 1 aromatic heterocycles. The van der Waals surface area contributed by atoms with Gasteiger partial charge in [-0.2, -0.15) is 9.97 Å². The molecule has 0 saturated carbocycles. The van der Waals surface area contributed by atoms with Crippen LogP contribution in [0.15, 0.2) is 0 Å². The zero-order valence-electron chi connectivity index (χ0n) is 17.6. The van der Waals surface area contributed by atoms with E-state index in [1.165, 1.54) is 6.92 Å². The van der Waals surface area contributed by atoms with Gasteiger partial charge in [0.25, 0.3) is 0 Å². The normalized spacial score (nSPS) is 17.6. The zero-order chi connectivity index (χ0) is 22.5. The average molecular weight is 455 g/mol. The Balaban J connectivity index is 1.86. The minimum absolute atomic E-state index is 0.103. The van der Waals surface area contributed by atoms with Crippen LogP contribution in [-0.2, 0) is 20.8 Å². The summed E-state index contributed by atoms with van der Waals surface area (Å²) < 4.78 is 17.2. The summed E-state index contributed by atoms with van der Waals surface area (Å²) in [5.74, 6) is 0.775. The number of hydrogen-bond donors (Lipinski definition) is 0. The first-order chi connectivity index (χ1) is 14.8. The quantitative estimate of drug-likeness (QED) is 0.238. The fourth-order valence-electron chi connectivity index (χ4n) is 3.50. The Hall–Kier alpha value is -2.67. The van der Waals surface area contributed by atoms with Crippen LogP contribution in [0.1, 0.15) is 20.3 Å². The maximum absolute atomic E-state index is 12.1. The number of nitro groups is 1. The van der Waals surface area contributed by atoms with Crippen molar-refractivity contribution in [3.05, 3.63) is 10.1 Å². The minimum Gasteiger partial charge on any atom is -0.616 e. The molecule has 2 aliphatic heterocycles. The third-order valence-corrected chi connectivity index (χ3v) is 6.35. The number of ketones is 1. The molecular formula is C18H26N6O6S. The van der Waals surface area contributed by atoms with Gasteiger partial charge in [0.15, 0.2) is 0 Å². The van der Waals surface area contributed by atoms with E-state index in [0.29, 0.717) is 50.8 Å². The van der Waals surface area contributed by atoms with Gasteiger partial charge in [-0.15, -0.1) is 0 Å². The minimum atomic E-state index is -0.941. The monoisotopic (exact) mass is 454 g/mol. The molecule has 0 atom stereocenters. The van der Waals surface area contributed by atoms with E-state index < -0.39 is 16.1 Å². The van der Waals surface area contributed by atoms with Crippen LogP contribution in [0.2, 0.25) is 0 Å². The highest BCUT2D eigenvalue weighted by Crippen LogP contribution is 2.37. The van der Waals surface area contributed by atoms with E-state index in [1.807, 2.05) is 4.90 Å². The number of carbonyl (C=O) groups is 2. The summed E-state index contributed by atoms with van der Waals surface area (Å²) >= 11 is -0.941. The second-order valence-electron chi connectivity index (χ2n) is 7.27. The number of carbonyl (C=O) groups excluding carboxylic acids is 2. The molecule has 0 bridgehead atoms. The molecule has 3 heterocycles. The predicted molar refractivity (Wildman–Crippen MR) is 114 cm³/mol. The maximum atomic E-state index is 12.1. The smallest absolute Gasteiger partial charge is 0.373 e. The molecule has 1 aromatic rings. The first-order valence-electron chi connectivity index (χ1n) is 10.1. The van der Waals surface area contributed by atoms with Crippen molar-refractivity contribution >= 4 is 40.3 Å². The van der Waals surface area contributed by atoms with Crippen LogP contribution in [-0.4, -0.2) is 93.4 Å². The molecule has 0 N–H and O–H groups in total. The zero-order valence-corrected chi connectivity index (χ0v) is 18.4. The molecule has 13 heteroatoms. The van der Waals surface area contributed by atoms with Crippen LogP contribution in [0.3, 0.4) is 0 Å². The summed E-state index contributed by atoms with van der Waals surface area (Å²) in [6.07, 6.45) is -0.122. The van der Waals surface area contributed by atoms with Gasteiger partial charge < -0.3 is 24.0 Å². The van der Waals surface area contributed by atoms with Crippen molar-refractivity contribution in [1.82, 2.24) is 14.9 Å². The van der Waals surface area contributed by atoms with Crippen molar-refractivity contribution in [2.45, 2.75) is 20.3 Å². The molecule has 2 aliphatic rings. The van der Waals surface area contributed by atoms with Crippen LogP contribution >= 0.6 is 0 Å². The van der Waals surface area contributed by atoms with Gasteiger partial charge in [0.1, 0.15) is 17.3 Å². The van der Waals surface area contributed by atoms with Gasteiger partial charge in [0, 0.05) is 26.2 Å². The summed E-state index contributed by atoms with van der Waals surface area (Å²) in [6, 6.07) is 0. The predicted octanol–water partition coefficient (Wildman–Crippen LogP) is -0.0201. The van der Waals surface area contributed by atoms with Crippen molar-refractivity contribution in [3.63, 3.8) is 0 Å². The Morgan fingerprint density at radius 3 is 2.29 bits per heavy atom. The molecule has 12 nitrogen and oxygen atoms in total. The fourth-order valence-corrected chi connectivity index (χ4v) is 4.55. The van der Waals surface area contributed by atoms with Crippen LogP contribution < -0.4 is 14.5 Å². The Morgan fingerprint density at radius 1 is 1.10 bits per heavy atom. The number of aromatic nitrogens is 2. The SMILES string of the molecule is CCOc1nc(N2CCN(C(=O)CC(C)=O)CC2)nc(N2CC[S+]([O-])CC2)c1[N+](=O)[O-]. The molecule has 3 rings (SSSR count). The van der Waals surface area contributed by atoms with Gasteiger partial charge in [0.05, 0.1) is 31.0 Å². The van der Waals surface area contributed by atoms with Gasteiger partial charge in [-0.25, -0.2) is 0 Å². The van der Waals surface area contributed by atoms with Gasteiger partial charge >= 0.3 is 11.6 Å². The van der Waals surface area contributed by atoms with Crippen LogP contribution in [0.4, 0.5) is 17.5 Å². The van der Waals surface area contributed by atoms with E-state index in [9.17, 15) is 24.3 Å². The first-order valence-corrected chi connectivity index (χ1v) is 11.6. The molecule has 2 fully saturated rings. The standard InChI is InChI=1S/C18H26N6O6S/c1-3-30-17-15(24(27)28)16(22-8-10-31(29)11-9-22)19-18(20-17)23-6-4-21(5-7-23)14(26)12-13(2)25/h3-12H2,1-2H3. The number of anilines is 2. The molecule has 1 amide bonds. The van der Waals surface area contributed by atoms with E-state index in [-0.39, 0.29) is 48.1 Å². The van der Waals surface area contributed by atoms with Crippen molar-refractivity contribution in [1.29, 1.82) is 0 Å². The number of amides is 1. The Morgan fingerprint density at radius 2 is 1.74 bits per heavy atom. The Kier molecular flexibility index (Phi) is 7.49. The average Bonchev–Trinajstić information content (AvgIpc) is 2.73. The molecular weight excluding hydrogens is 428 g/mol. The highest BCUT2D eigenvalue weighted by atomic mass is 32.2. The third-order valence-electron chi connectivity index (χ3n) is 5.08. The highest BCUT2D eigenvalue weighted by molar-refractivity contribution is 7.91. The summed E-state index contributed by atoms with van der Waals surface area (Å²) in [7, 11) is 0. The summed E-state index contributed by atoms with van der Waals surface area (Å²) in [4.78, 5) is 48.6. The molecule has 0 aliphatic carbocycles. The fraction of sp³-hybridized carbons (Fsp3) is 0.667. The third kappa shape index (κ3) is 5.53. The van der Waals surface area contributed by atoms with E-state index in [4.69, 9.17) is 4.74 Å². The van der Waals surface area contributed by atoms with Gasteiger partial charge in [0.2, 0.25) is 17.7 Å². The number of piperazine rings is 1. The van der Waals surface area contributed by atoms with Gasteiger partial charge in [-0.3, -0.25) is 19.7 Å². The molecule has 0 radical (unpaired) electrons. The van der Waals surface area contributed by atoms with Gasteiger partial charge in [-0.05, 0) is 13.8 Å². The lowest BCUT2D eigenvalue weighted by molar-refractivity contribution is -0.385. The number of ether oxygens (including phenoxy) is 1. The second kappa shape index (κ2) is 10.1. The van der Waals surface area contributed by atoms with Gasteiger partial charge in [-0.1, -0.05) is 11.2 Å². The molecule has 31 heavy (non-hydrogen) atoms. The van der Waals surface area contributed by atoms with E-state index in [2.05, 4.69) is 9.97 Å². The molecule has 170 valence electrons. The molecule has 0 aromatic carbocycles. The first kappa shape index (κ1) is 23.0. The number of Topliss-reactive ketones (excluding diaryl/α,β-unsaturated/α-hetero) is 1. The van der Waals surface area contributed by atoms with Crippen LogP contribution in [0.5, 0.6) is 5.88 Å². The summed E-state index contributed by atoms with van der Waals surface area (Å²) in [5, 5.41) is 11.8. The molecule has 0 unspecified atom stereocenters. The van der Waals surface area contributed by atoms with E-state index >= 15 is 0 Å². The largest absolute Gasteiger partial charge is 0.616 e. The number of hydrogen-bond acceptors (Lipinski definition) is 10. The summed E-state index contributed by atoms with van der Waals surface area (Å²) in [6.45, 7) is 5.73. The Labute approximate surface area is 182 Å². The maximum Gasteiger partial charge on any atom is 0.373 e. The second-order valence-corrected chi connectivity index (χ2v) is 8.97. The molecule has 2 saturated heterocycles. The van der Waals surface area contributed by atoms with E-state index in [0.717, 1.165) is 0 Å². The topological polar surface area (TPSA) is 145 Å². The lowest BCUT2D eigenvalue weighted by Gasteiger charge is -2.35. The lowest BCUT2D eigenvalue weighted by atomic mass is 10.2. The van der Waals surface area contributed by atoms with Crippen LogP contribution in [0, 0.1) is 10.1 Å². The lowest BCUT2D eigenvalue weighted by Crippen LogP contribution is -2.49. The Bertz CT molecular complexity index is 839. The van der Waals surface area contributed by atoms with Crippen molar-refractivity contribution < 1.29 is 23.8 Å². The number of nitrogens with zero attached hydrogens (tertiary/aromatic N) is 6. The van der Waals surface area contributed by atoms with E-state index in [1.54, 1.807) is 16.7 Å². The molecule has 0 spiro atoms. The van der Waals surface area contributed by atoms with Crippen LogP contribution in [0.25, 0.3) is 0 Å². The number of rotatable bonds is 7. The summed E-state index contributed by atoms with van der Waals surface area (Å²) in [5.41, 5.74) is -0.298. The van der Waals surface area contributed by atoms with Crippen molar-refractivity contribution in [2.24, 2.45) is 0 Å². The van der Waals surface area contributed by atoms with Crippen molar-refractivity contribution in [3.8, 4) is 5.88 Å². The highest BCUT2D eigenvalue weighted by Gasteiger charge is 2.34.